The summed E-state index contributed by atoms with van der Waals surface area (Å²) in [6, 6.07) is 13.5. The van der Waals surface area contributed by atoms with Crippen LogP contribution in [0.3, 0.4) is 0 Å². The van der Waals surface area contributed by atoms with Crippen LogP contribution < -0.4 is 22.5 Å². The first-order valence-corrected chi connectivity index (χ1v) is 16.3. The molecule has 11 nitrogen and oxygen atoms in total. The zero-order valence-electron chi connectivity index (χ0n) is 26.6. The van der Waals surface area contributed by atoms with Gasteiger partial charge in [0.05, 0.1) is 18.0 Å². The third-order valence-corrected chi connectivity index (χ3v) is 8.65. The molecular formula is C33H49N5O6S. The predicted octanol–water partition coefficient (Wildman–Crippen LogP) is 4.79. The normalized spacial score (nSPS) is 13.5. The van der Waals surface area contributed by atoms with Gasteiger partial charge in [0.15, 0.2) is 0 Å². The largest absolute Gasteiger partial charge is 0.453 e. The molecule has 0 heterocycles. The lowest BCUT2D eigenvalue weighted by Crippen LogP contribution is -2.48. The fraction of sp³-hybridized carbons (Fsp3) is 0.424. The van der Waals surface area contributed by atoms with Gasteiger partial charge in [0.1, 0.15) is 12.3 Å². The standard InChI is InChI=1S/C27H38N4O6S.C6H8.H3N/c1-20(2)18-31(38(35,36)24-14-12-22(28)13-15-24)23(19-32)11-7-8-16-29-26(33)25(30-27(34)37-3)17-21-9-5-4-6-10-21;1-2-4-6-5-3-1;/h4-6,9-10,12-15,19-20,23,25H,7-8,11,16-18,28H2,1-3H3,(H,29,33)(H,30,34);1-4H,5-6H2;1H3/t23-,25+;;/m1../s1. The number of benzene rings is 2. The van der Waals surface area contributed by atoms with Crippen LogP contribution >= 0.6 is 0 Å². The first-order valence-electron chi connectivity index (χ1n) is 14.9. The molecule has 2 aromatic carbocycles. The van der Waals surface area contributed by atoms with Crippen LogP contribution in [0, 0.1) is 5.92 Å². The highest BCUT2D eigenvalue weighted by Gasteiger charge is 2.31. The van der Waals surface area contributed by atoms with Crippen molar-refractivity contribution in [3.05, 3.63) is 84.5 Å². The molecule has 2 aromatic rings. The minimum absolute atomic E-state index is 0. The fourth-order valence-electron chi connectivity index (χ4n) is 4.44. The molecule has 3 rings (SSSR count). The Morgan fingerprint density at radius 1 is 1.00 bits per heavy atom. The minimum atomic E-state index is -3.91. The Kier molecular flexibility index (Phi) is 18.1. The van der Waals surface area contributed by atoms with E-state index in [1.165, 1.54) is 48.5 Å². The van der Waals surface area contributed by atoms with Gasteiger partial charge < -0.3 is 32.0 Å². The van der Waals surface area contributed by atoms with E-state index in [-0.39, 0.29) is 29.4 Å². The van der Waals surface area contributed by atoms with E-state index in [4.69, 9.17) is 5.73 Å². The number of nitrogens with one attached hydrogen (secondary N) is 2. The number of carbonyl (C=O) groups is 3. The summed E-state index contributed by atoms with van der Waals surface area (Å²) in [5.41, 5.74) is 7.02. The van der Waals surface area contributed by atoms with Crippen molar-refractivity contribution in [3.63, 3.8) is 0 Å². The van der Waals surface area contributed by atoms with Crippen molar-refractivity contribution in [1.29, 1.82) is 0 Å². The number of carbonyl (C=O) groups excluding carboxylic acids is 3. The van der Waals surface area contributed by atoms with Crippen LogP contribution in [-0.2, 0) is 30.8 Å². The Labute approximate surface area is 267 Å². The molecule has 1 aliphatic rings. The van der Waals surface area contributed by atoms with Crippen molar-refractivity contribution in [3.8, 4) is 0 Å². The number of anilines is 1. The van der Waals surface area contributed by atoms with E-state index in [0.29, 0.717) is 44.2 Å². The maximum absolute atomic E-state index is 13.3. The Bertz CT molecular complexity index is 1320. The first-order chi connectivity index (χ1) is 21.1. The van der Waals surface area contributed by atoms with Crippen LogP contribution in [0.4, 0.5) is 10.5 Å². The zero-order valence-corrected chi connectivity index (χ0v) is 27.4. The van der Waals surface area contributed by atoms with E-state index < -0.39 is 28.2 Å². The van der Waals surface area contributed by atoms with E-state index in [1.54, 1.807) is 0 Å². The number of allylic oxidation sites excluding steroid dienone is 4. The topological polar surface area (TPSA) is 183 Å². The van der Waals surface area contributed by atoms with Crippen LogP contribution in [0.5, 0.6) is 0 Å². The molecule has 0 bridgehead atoms. The number of alkyl carbamates (subject to hydrolysis) is 1. The van der Waals surface area contributed by atoms with Gasteiger partial charge in [-0.05, 0) is 67.9 Å². The van der Waals surface area contributed by atoms with Crippen LogP contribution in [0.2, 0.25) is 0 Å². The van der Waals surface area contributed by atoms with E-state index in [2.05, 4.69) is 39.7 Å². The van der Waals surface area contributed by atoms with Crippen molar-refractivity contribution >= 4 is 34.0 Å². The number of nitrogens with two attached hydrogens (primary N) is 1. The third-order valence-electron chi connectivity index (χ3n) is 6.74. The zero-order chi connectivity index (χ0) is 32.4. The average molecular weight is 644 g/mol. The molecule has 0 aliphatic heterocycles. The van der Waals surface area contributed by atoms with Gasteiger partial charge in [-0.25, -0.2) is 13.2 Å². The van der Waals surface area contributed by atoms with Gasteiger partial charge >= 0.3 is 6.09 Å². The van der Waals surface area contributed by atoms with Crippen LogP contribution in [0.15, 0.2) is 83.8 Å². The molecule has 0 spiro atoms. The molecule has 0 saturated carbocycles. The molecule has 248 valence electrons. The Morgan fingerprint density at radius 2 is 1.62 bits per heavy atom. The maximum Gasteiger partial charge on any atom is 0.407 e. The molecule has 12 heteroatoms. The van der Waals surface area contributed by atoms with Crippen LogP contribution in [0.1, 0.15) is 51.5 Å². The Hall–Kier alpha value is -4.00. The maximum atomic E-state index is 13.3. The van der Waals surface area contributed by atoms with Crippen molar-refractivity contribution < 1.29 is 27.5 Å². The molecule has 2 atom stereocenters. The number of nitrogen functional groups attached to an aromatic ring is 1. The summed E-state index contributed by atoms with van der Waals surface area (Å²) >= 11 is 0. The van der Waals surface area contributed by atoms with Crippen molar-refractivity contribution in [2.75, 3.05) is 25.9 Å². The molecule has 1 aliphatic carbocycles. The smallest absolute Gasteiger partial charge is 0.407 e. The number of hydrogen-bond acceptors (Lipinski definition) is 8. The molecule has 2 amide bonds. The second-order valence-corrected chi connectivity index (χ2v) is 12.7. The summed E-state index contributed by atoms with van der Waals surface area (Å²) in [6.45, 7) is 4.26. The summed E-state index contributed by atoms with van der Waals surface area (Å²) in [5, 5.41) is 5.36. The van der Waals surface area contributed by atoms with Gasteiger partial charge in [-0.1, -0.05) is 68.5 Å². The lowest BCUT2D eigenvalue weighted by Gasteiger charge is -2.29. The molecule has 0 unspecified atom stereocenters. The summed E-state index contributed by atoms with van der Waals surface area (Å²) < 4.78 is 32.5. The molecule has 0 aromatic heterocycles. The summed E-state index contributed by atoms with van der Waals surface area (Å²) in [7, 11) is -2.68. The van der Waals surface area contributed by atoms with E-state index in [1.807, 2.05) is 44.2 Å². The minimum Gasteiger partial charge on any atom is -0.453 e. The van der Waals surface area contributed by atoms with Gasteiger partial charge in [0.25, 0.3) is 0 Å². The average Bonchev–Trinajstić information content (AvgIpc) is 3.03. The number of nitrogens with zero attached hydrogens (tertiary/aromatic N) is 1. The molecule has 45 heavy (non-hydrogen) atoms. The highest BCUT2D eigenvalue weighted by Crippen LogP contribution is 2.22. The van der Waals surface area contributed by atoms with Crippen LogP contribution in [-0.4, -0.2) is 63.3 Å². The number of sulfonamides is 1. The Morgan fingerprint density at radius 3 is 2.13 bits per heavy atom. The van der Waals surface area contributed by atoms with Crippen molar-refractivity contribution in [2.45, 2.75) is 69.4 Å². The summed E-state index contributed by atoms with van der Waals surface area (Å²) in [6.07, 6.45) is 12.6. The second-order valence-electron chi connectivity index (χ2n) is 10.8. The van der Waals surface area contributed by atoms with E-state index in [0.717, 1.165) is 5.56 Å². The number of amides is 2. The van der Waals surface area contributed by atoms with Crippen LogP contribution in [0.25, 0.3) is 0 Å². The van der Waals surface area contributed by atoms with E-state index in [9.17, 15) is 22.8 Å². The number of methoxy groups -OCH3 is 1. The van der Waals surface area contributed by atoms with Crippen molar-refractivity contribution in [1.82, 2.24) is 21.1 Å². The number of ether oxygens (including phenoxy) is 1. The van der Waals surface area contributed by atoms with Gasteiger partial charge in [-0.3, -0.25) is 4.79 Å². The predicted molar refractivity (Wildman–Crippen MR) is 178 cm³/mol. The second kappa shape index (κ2) is 20.9. The van der Waals surface area contributed by atoms with Gasteiger partial charge in [-0.15, -0.1) is 0 Å². The lowest BCUT2D eigenvalue weighted by atomic mass is 10.1. The summed E-state index contributed by atoms with van der Waals surface area (Å²) in [5.74, 6) is -0.359. The highest BCUT2D eigenvalue weighted by molar-refractivity contribution is 7.89. The highest BCUT2D eigenvalue weighted by atomic mass is 32.2. The lowest BCUT2D eigenvalue weighted by molar-refractivity contribution is -0.123. The monoisotopic (exact) mass is 643 g/mol. The van der Waals surface area contributed by atoms with Gasteiger partial charge in [0.2, 0.25) is 15.9 Å². The summed E-state index contributed by atoms with van der Waals surface area (Å²) in [4.78, 5) is 36.6. The SMILES string of the molecule is C1=CCCC=C1.COC(=O)N[C@@H](Cc1ccccc1)C(=O)NCCCC[C@H](C=O)N(CC(C)C)S(=O)(=O)c1ccc(N)cc1.N. The quantitative estimate of drug-likeness (QED) is 0.121. The molecule has 0 radical (unpaired) electrons. The third kappa shape index (κ3) is 14.1. The number of aldehydes is 1. The van der Waals surface area contributed by atoms with Gasteiger partial charge in [-0.2, -0.15) is 4.31 Å². The number of rotatable bonds is 15. The van der Waals surface area contributed by atoms with Gasteiger partial charge in [0, 0.05) is 25.2 Å². The molecule has 0 saturated heterocycles. The Balaban J connectivity index is 0.00000129. The van der Waals surface area contributed by atoms with Crippen molar-refractivity contribution in [2.24, 2.45) is 5.92 Å². The molecule has 7 N–H and O–H groups in total. The van der Waals surface area contributed by atoms with E-state index >= 15 is 0 Å². The molecular weight excluding hydrogens is 594 g/mol. The number of hydrogen-bond donors (Lipinski definition) is 4. The number of unbranched alkanes of at least 4 members (excludes halogenated alkanes) is 1. The molecule has 0 fully saturated rings. The first kappa shape index (κ1) is 39.0. The fourth-order valence-corrected chi connectivity index (χ4v) is 6.20.